The lowest BCUT2D eigenvalue weighted by atomic mass is 10.0. The largest absolute Gasteiger partial charge is 0.381 e. The summed E-state index contributed by atoms with van der Waals surface area (Å²) >= 11 is 0. The van der Waals surface area contributed by atoms with E-state index in [0.29, 0.717) is 31.1 Å². The quantitative estimate of drug-likeness (QED) is 0.877. The van der Waals surface area contributed by atoms with Gasteiger partial charge in [-0.3, -0.25) is 9.59 Å². The molecule has 2 amide bonds. The minimum absolute atomic E-state index is 0.0571. The molecule has 28 heavy (non-hydrogen) atoms. The average molecular weight is 382 g/mol. The summed E-state index contributed by atoms with van der Waals surface area (Å²) in [7, 11) is 0. The number of aromatic nitrogens is 2. The van der Waals surface area contributed by atoms with E-state index in [-0.39, 0.29) is 11.8 Å². The number of nitrogens with zero attached hydrogens (tertiary/aromatic N) is 3. The van der Waals surface area contributed by atoms with E-state index in [9.17, 15) is 9.59 Å². The number of rotatable bonds is 4. The SMILES string of the molecule is Cc1cccc(C(=O)N2Cc3cncn3[C@@H](C(=O)NCC3CCOCC3)C2)c1. The predicted molar refractivity (Wildman–Crippen MR) is 104 cm³/mol. The van der Waals surface area contributed by atoms with Gasteiger partial charge in [0.25, 0.3) is 5.91 Å². The molecule has 1 aromatic carbocycles. The van der Waals surface area contributed by atoms with E-state index in [4.69, 9.17) is 4.74 Å². The third kappa shape index (κ3) is 3.94. The molecule has 7 nitrogen and oxygen atoms in total. The van der Waals surface area contributed by atoms with E-state index in [1.165, 1.54) is 0 Å². The second-order valence-electron chi connectivity index (χ2n) is 7.66. The maximum absolute atomic E-state index is 13.0. The number of carbonyl (C=O) groups excluding carboxylic acids is 2. The monoisotopic (exact) mass is 382 g/mol. The first-order chi connectivity index (χ1) is 13.6. The summed E-state index contributed by atoms with van der Waals surface area (Å²) in [6.45, 7) is 4.93. The molecular weight excluding hydrogens is 356 g/mol. The van der Waals surface area contributed by atoms with Crippen LogP contribution in [0.3, 0.4) is 0 Å². The van der Waals surface area contributed by atoms with Gasteiger partial charge in [-0.2, -0.15) is 0 Å². The Bertz CT molecular complexity index is 857. The van der Waals surface area contributed by atoms with Gasteiger partial charge in [0.05, 0.1) is 25.1 Å². The molecular formula is C21H26N4O3. The molecule has 0 bridgehead atoms. The van der Waals surface area contributed by atoms with E-state index in [1.54, 1.807) is 17.4 Å². The van der Waals surface area contributed by atoms with Crippen LogP contribution in [0, 0.1) is 12.8 Å². The molecule has 2 aliphatic rings. The fourth-order valence-electron chi connectivity index (χ4n) is 3.93. The van der Waals surface area contributed by atoms with Crippen LogP contribution in [-0.4, -0.2) is 52.6 Å². The second kappa shape index (κ2) is 8.14. The van der Waals surface area contributed by atoms with Crippen molar-refractivity contribution >= 4 is 11.8 Å². The van der Waals surface area contributed by atoms with Crippen molar-refractivity contribution in [2.45, 2.75) is 32.4 Å². The van der Waals surface area contributed by atoms with Crippen molar-refractivity contribution < 1.29 is 14.3 Å². The van der Waals surface area contributed by atoms with Crippen LogP contribution in [0.5, 0.6) is 0 Å². The Morgan fingerprint density at radius 1 is 1.29 bits per heavy atom. The van der Waals surface area contributed by atoms with Gasteiger partial charge in [0.15, 0.2) is 0 Å². The Hall–Kier alpha value is -2.67. The Morgan fingerprint density at radius 2 is 2.11 bits per heavy atom. The number of fused-ring (bicyclic) bond motifs is 1. The van der Waals surface area contributed by atoms with Crippen molar-refractivity contribution in [1.82, 2.24) is 19.8 Å². The Labute approximate surface area is 164 Å². The summed E-state index contributed by atoms with van der Waals surface area (Å²) in [6, 6.07) is 7.10. The van der Waals surface area contributed by atoms with Gasteiger partial charge >= 0.3 is 0 Å². The molecule has 3 heterocycles. The first-order valence-electron chi connectivity index (χ1n) is 9.84. The van der Waals surface area contributed by atoms with E-state index < -0.39 is 6.04 Å². The van der Waals surface area contributed by atoms with Crippen molar-refractivity contribution in [1.29, 1.82) is 0 Å². The number of benzene rings is 1. The zero-order valence-electron chi connectivity index (χ0n) is 16.1. The van der Waals surface area contributed by atoms with Crippen LogP contribution in [0.15, 0.2) is 36.8 Å². The van der Waals surface area contributed by atoms with Gasteiger partial charge in [-0.15, -0.1) is 0 Å². The van der Waals surface area contributed by atoms with E-state index in [2.05, 4.69) is 10.3 Å². The maximum atomic E-state index is 13.0. The molecule has 0 saturated carbocycles. The molecule has 1 N–H and O–H groups in total. The van der Waals surface area contributed by atoms with Gasteiger partial charge in [-0.25, -0.2) is 4.98 Å². The topological polar surface area (TPSA) is 76.5 Å². The lowest BCUT2D eigenvalue weighted by molar-refractivity contribution is -0.125. The third-order valence-corrected chi connectivity index (χ3v) is 5.59. The first-order valence-corrected chi connectivity index (χ1v) is 9.84. The normalized spacial score (nSPS) is 19.9. The number of hydrogen-bond donors (Lipinski definition) is 1. The lowest BCUT2D eigenvalue weighted by Gasteiger charge is -2.34. The highest BCUT2D eigenvalue weighted by molar-refractivity contribution is 5.95. The van der Waals surface area contributed by atoms with Crippen LogP contribution in [-0.2, 0) is 16.1 Å². The Balaban J connectivity index is 1.47. The number of aryl methyl sites for hydroxylation is 1. The number of ether oxygens (including phenoxy) is 1. The van der Waals surface area contributed by atoms with Gasteiger partial charge in [0.1, 0.15) is 6.04 Å². The van der Waals surface area contributed by atoms with Crippen LogP contribution in [0.1, 0.15) is 40.5 Å². The smallest absolute Gasteiger partial charge is 0.254 e. The summed E-state index contributed by atoms with van der Waals surface area (Å²) in [5.41, 5.74) is 2.56. The molecule has 1 atom stereocenters. The Morgan fingerprint density at radius 3 is 2.89 bits per heavy atom. The van der Waals surface area contributed by atoms with Gasteiger partial charge < -0.3 is 19.5 Å². The zero-order chi connectivity index (χ0) is 19.5. The van der Waals surface area contributed by atoms with Gasteiger partial charge in [-0.1, -0.05) is 17.7 Å². The molecule has 0 spiro atoms. The second-order valence-corrected chi connectivity index (χ2v) is 7.66. The standard InChI is InChI=1S/C21H26N4O3/c1-15-3-2-4-17(9-15)21(27)24-12-18-11-22-14-25(18)19(13-24)20(26)23-10-16-5-7-28-8-6-16/h2-4,9,11,14,16,19H,5-8,10,12-13H2,1H3,(H,23,26)/t19-/m1/s1. The average Bonchev–Trinajstić information content (AvgIpc) is 3.20. The molecule has 0 radical (unpaired) electrons. The molecule has 1 aromatic heterocycles. The van der Waals surface area contributed by atoms with Crippen molar-refractivity contribution in [2.24, 2.45) is 5.92 Å². The molecule has 148 valence electrons. The zero-order valence-corrected chi connectivity index (χ0v) is 16.1. The predicted octanol–water partition coefficient (Wildman–Crippen LogP) is 1.93. The van der Waals surface area contributed by atoms with Gasteiger partial charge in [0, 0.05) is 31.5 Å². The number of amides is 2. The summed E-state index contributed by atoms with van der Waals surface area (Å²) in [4.78, 5) is 31.9. The number of carbonyl (C=O) groups is 2. The van der Waals surface area contributed by atoms with Crippen LogP contribution in [0.2, 0.25) is 0 Å². The molecule has 4 rings (SSSR count). The lowest BCUT2D eigenvalue weighted by Crippen LogP contribution is -2.47. The van der Waals surface area contributed by atoms with Crippen LogP contribution in [0.4, 0.5) is 0 Å². The Kier molecular flexibility index (Phi) is 5.43. The highest BCUT2D eigenvalue weighted by Gasteiger charge is 2.33. The summed E-state index contributed by atoms with van der Waals surface area (Å²) in [5, 5.41) is 3.08. The molecule has 1 fully saturated rings. The summed E-state index contributed by atoms with van der Waals surface area (Å²) in [5.74, 6) is 0.333. The molecule has 7 heteroatoms. The number of hydrogen-bond acceptors (Lipinski definition) is 4. The number of imidazole rings is 1. The van der Waals surface area contributed by atoms with Crippen molar-refractivity contribution in [2.75, 3.05) is 26.3 Å². The summed E-state index contributed by atoms with van der Waals surface area (Å²) in [6.07, 6.45) is 5.36. The van der Waals surface area contributed by atoms with Crippen LogP contribution in [0.25, 0.3) is 0 Å². The molecule has 1 saturated heterocycles. The van der Waals surface area contributed by atoms with Crippen LogP contribution >= 0.6 is 0 Å². The van der Waals surface area contributed by atoms with Crippen LogP contribution < -0.4 is 5.32 Å². The molecule has 0 unspecified atom stereocenters. The fraction of sp³-hybridized carbons (Fsp3) is 0.476. The molecule has 2 aliphatic heterocycles. The number of nitrogens with one attached hydrogen (secondary N) is 1. The summed E-state index contributed by atoms with van der Waals surface area (Å²) < 4.78 is 7.27. The van der Waals surface area contributed by atoms with Crippen molar-refractivity contribution in [3.05, 3.63) is 53.6 Å². The first kappa shape index (κ1) is 18.7. The highest BCUT2D eigenvalue weighted by Crippen LogP contribution is 2.23. The minimum atomic E-state index is -0.458. The molecule has 2 aromatic rings. The van der Waals surface area contributed by atoms with E-state index in [0.717, 1.165) is 37.3 Å². The third-order valence-electron chi connectivity index (χ3n) is 5.59. The molecule has 0 aliphatic carbocycles. The van der Waals surface area contributed by atoms with Gasteiger partial charge in [0.2, 0.25) is 5.91 Å². The van der Waals surface area contributed by atoms with E-state index in [1.807, 2.05) is 35.8 Å². The van der Waals surface area contributed by atoms with Crippen molar-refractivity contribution in [3.8, 4) is 0 Å². The van der Waals surface area contributed by atoms with Crippen molar-refractivity contribution in [3.63, 3.8) is 0 Å². The fourth-order valence-corrected chi connectivity index (χ4v) is 3.93. The van der Waals surface area contributed by atoms with Gasteiger partial charge in [-0.05, 0) is 37.8 Å². The maximum Gasteiger partial charge on any atom is 0.254 e. The highest BCUT2D eigenvalue weighted by atomic mass is 16.5. The minimum Gasteiger partial charge on any atom is -0.381 e. The van der Waals surface area contributed by atoms with E-state index >= 15 is 0 Å².